The molecule has 1 N–H and O–H groups in total. The lowest BCUT2D eigenvalue weighted by Gasteiger charge is -2.10. The van der Waals surface area contributed by atoms with Gasteiger partial charge in [-0.25, -0.2) is 9.78 Å². The van der Waals surface area contributed by atoms with E-state index in [1.165, 1.54) is 7.11 Å². The second-order valence-corrected chi connectivity index (χ2v) is 5.55. The summed E-state index contributed by atoms with van der Waals surface area (Å²) in [6, 6.07) is 10.00. The van der Waals surface area contributed by atoms with Crippen LogP contribution in [0.25, 0.3) is 5.65 Å². The molecule has 0 aliphatic carbocycles. The third-order valence-electron chi connectivity index (χ3n) is 3.56. The number of para-hydroxylation sites is 1. The molecule has 1 amide bonds. The van der Waals surface area contributed by atoms with Gasteiger partial charge in [0.05, 0.1) is 24.1 Å². The van der Waals surface area contributed by atoms with Crippen molar-refractivity contribution in [3.63, 3.8) is 0 Å². The van der Waals surface area contributed by atoms with Gasteiger partial charge in [-0.3, -0.25) is 9.20 Å². The van der Waals surface area contributed by atoms with Gasteiger partial charge in [-0.15, -0.1) is 0 Å². The maximum Gasteiger partial charge on any atom is 0.339 e. The zero-order valence-electron chi connectivity index (χ0n) is 13.0. The van der Waals surface area contributed by atoms with Gasteiger partial charge >= 0.3 is 5.97 Å². The largest absolute Gasteiger partial charge is 0.465 e. The Morgan fingerprint density at radius 2 is 2.00 bits per heavy atom. The molecule has 3 aromatic rings. The summed E-state index contributed by atoms with van der Waals surface area (Å²) in [4.78, 5) is 28.9. The van der Waals surface area contributed by atoms with Gasteiger partial charge in [0, 0.05) is 17.3 Å². The number of ether oxygens (including phenoxy) is 1. The molecule has 6 nitrogen and oxygen atoms in total. The summed E-state index contributed by atoms with van der Waals surface area (Å²) >= 11 is 5.96. The Balaban J connectivity index is 2.00. The number of amides is 1. The molecule has 0 spiro atoms. The van der Waals surface area contributed by atoms with Crippen LogP contribution >= 0.6 is 11.6 Å². The van der Waals surface area contributed by atoms with Gasteiger partial charge in [0.15, 0.2) is 0 Å². The minimum absolute atomic E-state index is 0.280. The number of carbonyl (C=O) groups is 2. The quantitative estimate of drug-likeness (QED) is 0.740. The van der Waals surface area contributed by atoms with E-state index in [9.17, 15) is 9.59 Å². The van der Waals surface area contributed by atoms with E-state index in [1.807, 2.05) is 0 Å². The first-order chi connectivity index (χ1) is 11.5. The second-order valence-electron chi connectivity index (χ2n) is 5.11. The lowest BCUT2D eigenvalue weighted by Crippen LogP contribution is -2.18. The molecule has 0 bridgehead atoms. The molecule has 0 atom stereocenters. The standard InChI is InChI=1S/C17H14ClN3O3/c1-10-15(21-8-7-11(18)9-14(21)19-10)16(22)20-13-6-4-3-5-12(13)17(23)24-2/h3-9H,1-2H3,(H,20,22). The highest BCUT2D eigenvalue weighted by Gasteiger charge is 2.19. The molecule has 0 fully saturated rings. The van der Waals surface area contributed by atoms with Crippen LogP contribution in [0, 0.1) is 6.92 Å². The second kappa shape index (κ2) is 6.33. The summed E-state index contributed by atoms with van der Waals surface area (Å²) in [7, 11) is 1.29. The Hall–Kier alpha value is -2.86. The average Bonchev–Trinajstić information content (AvgIpc) is 2.89. The first-order valence-corrected chi connectivity index (χ1v) is 7.52. The maximum atomic E-state index is 12.7. The molecule has 0 aliphatic heterocycles. The van der Waals surface area contributed by atoms with Crippen molar-refractivity contribution >= 4 is 34.8 Å². The molecule has 2 heterocycles. The van der Waals surface area contributed by atoms with Crippen LogP contribution in [0.4, 0.5) is 5.69 Å². The van der Waals surface area contributed by atoms with Gasteiger partial charge < -0.3 is 10.1 Å². The number of benzene rings is 1. The van der Waals surface area contributed by atoms with E-state index in [1.54, 1.807) is 53.9 Å². The molecule has 2 aromatic heterocycles. The third-order valence-corrected chi connectivity index (χ3v) is 3.79. The number of carbonyl (C=O) groups excluding carboxylic acids is 2. The minimum Gasteiger partial charge on any atom is -0.465 e. The minimum atomic E-state index is -0.521. The van der Waals surface area contributed by atoms with Gasteiger partial charge in [-0.1, -0.05) is 23.7 Å². The predicted octanol–water partition coefficient (Wildman–Crippen LogP) is 3.34. The van der Waals surface area contributed by atoms with Gasteiger partial charge in [-0.2, -0.15) is 0 Å². The van der Waals surface area contributed by atoms with Crippen LogP contribution in [0.1, 0.15) is 26.5 Å². The van der Waals surface area contributed by atoms with Crippen molar-refractivity contribution < 1.29 is 14.3 Å². The smallest absolute Gasteiger partial charge is 0.339 e. The number of nitrogens with one attached hydrogen (secondary N) is 1. The van der Waals surface area contributed by atoms with Crippen molar-refractivity contribution in [1.29, 1.82) is 0 Å². The van der Waals surface area contributed by atoms with E-state index in [-0.39, 0.29) is 11.5 Å². The normalized spacial score (nSPS) is 10.6. The number of imidazole rings is 1. The van der Waals surface area contributed by atoms with E-state index < -0.39 is 5.97 Å². The number of pyridine rings is 1. The number of rotatable bonds is 3. The average molecular weight is 344 g/mol. The number of esters is 1. The highest BCUT2D eigenvalue weighted by Crippen LogP contribution is 2.20. The summed E-state index contributed by atoms with van der Waals surface area (Å²) in [5, 5.41) is 3.28. The van der Waals surface area contributed by atoms with E-state index in [0.717, 1.165) is 0 Å². The Kier molecular flexibility index (Phi) is 4.22. The predicted molar refractivity (Wildman–Crippen MR) is 90.7 cm³/mol. The zero-order valence-corrected chi connectivity index (χ0v) is 13.8. The Labute approximate surface area is 143 Å². The van der Waals surface area contributed by atoms with Crippen molar-refractivity contribution in [3.05, 3.63) is 64.6 Å². The van der Waals surface area contributed by atoms with Gasteiger partial charge in [0.25, 0.3) is 5.91 Å². The van der Waals surface area contributed by atoms with Crippen LogP contribution in [0.15, 0.2) is 42.6 Å². The van der Waals surface area contributed by atoms with Crippen LogP contribution in [-0.2, 0) is 4.74 Å². The van der Waals surface area contributed by atoms with Crippen molar-refractivity contribution in [2.24, 2.45) is 0 Å². The number of hydrogen-bond acceptors (Lipinski definition) is 4. The first kappa shape index (κ1) is 16.0. The molecule has 0 saturated heterocycles. The van der Waals surface area contributed by atoms with Crippen LogP contribution in [0.3, 0.4) is 0 Å². The van der Waals surface area contributed by atoms with Crippen LogP contribution in [0.5, 0.6) is 0 Å². The van der Waals surface area contributed by atoms with Crippen molar-refractivity contribution in [2.75, 3.05) is 12.4 Å². The number of fused-ring (bicyclic) bond motifs is 1. The zero-order chi connectivity index (χ0) is 17.3. The topological polar surface area (TPSA) is 72.7 Å². The van der Waals surface area contributed by atoms with E-state index in [2.05, 4.69) is 10.3 Å². The summed E-state index contributed by atoms with van der Waals surface area (Å²) in [5.41, 5.74) is 2.17. The highest BCUT2D eigenvalue weighted by atomic mass is 35.5. The van der Waals surface area contributed by atoms with E-state index in [0.29, 0.717) is 27.7 Å². The molecular weight excluding hydrogens is 330 g/mol. The maximum absolute atomic E-state index is 12.7. The van der Waals surface area contributed by atoms with Crippen molar-refractivity contribution in [1.82, 2.24) is 9.38 Å². The molecule has 3 rings (SSSR count). The fourth-order valence-electron chi connectivity index (χ4n) is 2.47. The molecular formula is C17H14ClN3O3. The molecule has 0 unspecified atom stereocenters. The summed E-state index contributed by atoms with van der Waals surface area (Å²) in [6.07, 6.45) is 1.68. The molecule has 24 heavy (non-hydrogen) atoms. The summed E-state index contributed by atoms with van der Waals surface area (Å²) in [6.45, 7) is 1.74. The van der Waals surface area contributed by atoms with Gasteiger partial charge in [0.2, 0.25) is 0 Å². The third kappa shape index (κ3) is 2.83. The van der Waals surface area contributed by atoms with Crippen molar-refractivity contribution in [3.8, 4) is 0 Å². The van der Waals surface area contributed by atoms with E-state index >= 15 is 0 Å². The number of methoxy groups -OCH3 is 1. The van der Waals surface area contributed by atoms with Crippen LogP contribution in [-0.4, -0.2) is 28.4 Å². The van der Waals surface area contributed by atoms with Crippen LogP contribution < -0.4 is 5.32 Å². The number of halogens is 1. The number of hydrogen-bond donors (Lipinski definition) is 1. The van der Waals surface area contributed by atoms with Crippen LogP contribution in [0.2, 0.25) is 5.02 Å². The van der Waals surface area contributed by atoms with E-state index in [4.69, 9.17) is 16.3 Å². The number of aromatic nitrogens is 2. The fourth-order valence-corrected chi connectivity index (χ4v) is 2.63. The lowest BCUT2D eigenvalue weighted by molar-refractivity contribution is 0.0602. The monoisotopic (exact) mass is 343 g/mol. The van der Waals surface area contributed by atoms with Gasteiger partial charge in [-0.05, 0) is 25.1 Å². The lowest BCUT2D eigenvalue weighted by atomic mass is 10.1. The Morgan fingerprint density at radius 1 is 1.25 bits per heavy atom. The Bertz CT molecular complexity index is 949. The Morgan fingerprint density at radius 3 is 2.75 bits per heavy atom. The van der Waals surface area contributed by atoms with Gasteiger partial charge in [0.1, 0.15) is 11.3 Å². The number of aryl methyl sites for hydroxylation is 1. The number of nitrogens with zero attached hydrogens (tertiary/aromatic N) is 2. The molecule has 1 aromatic carbocycles. The fraction of sp³-hybridized carbons (Fsp3) is 0.118. The molecule has 0 saturated carbocycles. The first-order valence-electron chi connectivity index (χ1n) is 7.14. The molecule has 122 valence electrons. The SMILES string of the molecule is COC(=O)c1ccccc1NC(=O)c1c(C)nc2cc(Cl)ccn12. The highest BCUT2D eigenvalue weighted by molar-refractivity contribution is 6.30. The summed E-state index contributed by atoms with van der Waals surface area (Å²) < 4.78 is 6.38. The number of anilines is 1. The molecule has 7 heteroatoms. The summed E-state index contributed by atoms with van der Waals surface area (Å²) in [5.74, 6) is -0.897. The molecule has 0 radical (unpaired) electrons. The molecule has 0 aliphatic rings. The van der Waals surface area contributed by atoms with Crippen molar-refractivity contribution in [2.45, 2.75) is 6.92 Å².